The van der Waals surface area contributed by atoms with E-state index in [9.17, 15) is 9.59 Å². The highest BCUT2D eigenvalue weighted by Crippen LogP contribution is 2.37. The summed E-state index contributed by atoms with van der Waals surface area (Å²) in [5, 5.41) is 4.51. The van der Waals surface area contributed by atoms with Crippen LogP contribution in [0.1, 0.15) is 53.8 Å². The Labute approximate surface area is 157 Å². The van der Waals surface area contributed by atoms with Crippen molar-refractivity contribution in [1.82, 2.24) is 19.2 Å². The van der Waals surface area contributed by atoms with E-state index in [0.29, 0.717) is 19.1 Å². The van der Waals surface area contributed by atoms with Gasteiger partial charge in [0, 0.05) is 37.0 Å². The third-order valence-corrected chi connectivity index (χ3v) is 6.17. The van der Waals surface area contributed by atoms with Crippen LogP contribution in [-0.4, -0.2) is 44.5 Å². The minimum absolute atomic E-state index is 0.00472. The summed E-state index contributed by atoms with van der Waals surface area (Å²) in [5.74, 6) is 1.27. The van der Waals surface area contributed by atoms with E-state index in [2.05, 4.69) is 5.10 Å². The SMILES string of the molecule is CSc1ccccc1C(=O)N1CCC(c2nn(C)c(=O)n2C2CC2)CC1. The number of carbonyl (C=O) groups excluding carboxylic acids is 1. The summed E-state index contributed by atoms with van der Waals surface area (Å²) in [6, 6.07) is 8.12. The van der Waals surface area contributed by atoms with Gasteiger partial charge in [0.2, 0.25) is 0 Å². The number of thioether (sulfide) groups is 1. The van der Waals surface area contributed by atoms with Crippen LogP contribution < -0.4 is 5.69 Å². The van der Waals surface area contributed by atoms with Crippen molar-refractivity contribution in [2.75, 3.05) is 19.3 Å². The molecule has 1 aromatic carbocycles. The zero-order chi connectivity index (χ0) is 18.3. The number of benzene rings is 1. The van der Waals surface area contributed by atoms with Crippen LogP contribution in [0, 0.1) is 0 Å². The summed E-state index contributed by atoms with van der Waals surface area (Å²) in [6.07, 6.45) is 5.85. The van der Waals surface area contributed by atoms with Crippen molar-refractivity contribution in [2.24, 2.45) is 7.05 Å². The lowest BCUT2D eigenvalue weighted by atomic mass is 9.95. The summed E-state index contributed by atoms with van der Waals surface area (Å²) in [6.45, 7) is 1.42. The standard InChI is InChI=1S/C19H24N4O2S/c1-21-19(25)23(14-7-8-14)17(20-21)13-9-11-22(12-10-13)18(24)15-5-3-4-6-16(15)26-2/h3-6,13-14H,7-12H2,1-2H3. The van der Waals surface area contributed by atoms with Crippen molar-refractivity contribution >= 4 is 17.7 Å². The van der Waals surface area contributed by atoms with Crippen molar-refractivity contribution in [1.29, 1.82) is 0 Å². The molecule has 0 unspecified atom stereocenters. The Morgan fingerprint density at radius 1 is 1.15 bits per heavy atom. The number of nitrogens with zero attached hydrogens (tertiary/aromatic N) is 4. The van der Waals surface area contributed by atoms with Gasteiger partial charge in [0.15, 0.2) is 0 Å². The first-order chi connectivity index (χ1) is 12.6. The molecule has 2 aromatic rings. The lowest BCUT2D eigenvalue weighted by molar-refractivity contribution is 0.0706. The zero-order valence-corrected chi connectivity index (χ0v) is 16.0. The van der Waals surface area contributed by atoms with Gasteiger partial charge in [0.25, 0.3) is 5.91 Å². The topological polar surface area (TPSA) is 60.1 Å². The summed E-state index contributed by atoms with van der Waals surface area (Å²) < 4.78 is 3.35. The molecule has 2 heterocycles. The summed E-state index contributed by atoms with van der Waals surface area (Å²) in [5.41, 5.74) is 0.779. The highest BCUT2D eigenvalue weighted by molar-refractivity contribution is 7.98. The van der Waals surface area contributed by atoms with Gasteiger partial charge in [-0.25, -0.2) is 9.48 Å². The van der Waals surface area contributed by atoms with Crippen LogP contribution in [-0.2, 0) is 7.05 Å². The Bertz CT molecular complexity index is 876. The molecule has 1 aromatic heterocycles. The second kappa shape index (κ2) is 6.95. The van der Waals surface area contributed by atoms with Crippen LogP contribution in [0.15, 0.2) is 34.0 Å². The predicted octanol–water partition coefficient (Wildman–Crippen LogP) is 2.66. The van der Waals surface area contributed by atoms with Gasteiger partial charge in [-0.2, -0.15) is 5.10 Å². The van der Waals surface area contributed by atoms with Crippen LogP contribution >= 0.6 is 11.8 Å². The lowest BCUT2D eigenvalue weighted by Crippen LogP contribution is -2.38. The molecule has 0 N–H and O–H groups in total. The van der Waals surface area contributed by atoms with E-state index < -0.39 is 0 Å². The largest absolute Gasteiger partial charge is 0.345 e. The molecule has 0 spiro atoms. The first kappa shape index (κ1) is 17.4. The quantitative estimate of drug-likeness (QED) is 0.774. The molecule has 1 amide bonds. The maximum atomic E-state index is 12.9. The maximum Gasteiger partial charge on any atom is 0.345 e. The summed E-state index contributed by atoms with van der Waals surface area (Å²) in [4.78, 5) is 28.2. The second-order valence-electron chi connectivity index (χ2n) is 7.13. The fourth-order valence-electron chi connectivity index (χ4n) is 3.79. The maximum absolute atomic E-state index is 12.9. The van der Waals surface area contributed by atoms with E-state index in [1.807, 2.05) is 40.0 Å². The molecule has 0 atom stereocenters. The Hall–Kier alpha value is -2.02. The molecule has 0 radical (unpaired) electrons. The number of aryl methyl sites for hydroxylation is 1. The number of hydrogen-bond donors (Lipinski definition) is 0. The summed E-state index contributed by atoms with van der Waals surface area (Å²) in [7, 11) is 1.72. The lowest BCUT2D eigenvalue weighted by Gasteiger charge is -2.32. The first-order valence-electron chi connectivity index (χ1n) is 9.18. The van der Waals surface area contributed by atoms with Gasteiger partial charge in [0.05, 0.1) is 5.56 Å². The number of rotatable bonds is 4. The molecule has 2 fully saturated rings. The number of hydrogen-bond acceptors (Lipinski definition) is 4. The molecule has 26 heavy (non-hydrogen) atoms. The van der Waals surface area contributed by atoms with Crippen LogP contribution in [0.5, 0.6) is 0 Å². The Balaban J connectivity index is 1.49. The molecule has 6 nitrogen and oxygen atoms in total. The number of piperidine rings is 1. The van der Waals surface area contributed by atoms with Gasteiger partial charge < -0.3 is 4.90 Å². The molecular formula is C19H24N4O2S. The fraction of sp³-hybridized carbons (Fsp3) is 0.526. The Morgan fingerprint density at radius 3 is 2.50 bits per heavy atom. The normalized spacial score (nSPS) is 18.3. The van der Waals surface area contributed by atoms with Crippen molar-refractivity contribution in [2.45, 2.75) is 42.5 Å². The molecule has 138 valence electrons. The molecule has 2 aliphatic rings. The highest BCUT2D eigenvalue weighted by Gasteiger charge is 2.34. The second-order valence-corrected chi connectivity index (χ2v) is 7.98. The Kier molecular flexibility index (Phi) is 4.65. The van der Waals surface area contributed by atoms with E-state index in [1.165, 1.54) is 4.68 Å². The molecule has 1 aliphatic heterocycles. The Morgan fingerprint density at radius 2 is 1.85 bits per heavy atom. The first-order valence-corrected chi connectivity index (χ1v) is 10.4. The minimum atomic E-state index is -0.00472. The third kappa shape index (κ3) is 3.09. The van der Waals surface area contributed by atoms with Crippen molar-refractivity contribution in [3.05, 3.63) is 46.1 Å². The predicted molar refractivity (Wildman–Crippen MR) is 102 cm³/mol. The van der Waals surface area contributed by atoms with E-state index in [0.717, 1.165) is 42.0 Å². The van der Waals surface area contributed by atoms with Gasteiger partial charge in [-0.05, 0) is 44.1 Å². The van der Waals surface area contributed by atoms with Crippen molar-refractivity contribution in [3.8, 4) is 0 Å². The van der Waals surface area contributed by atoms with E-state index in [4.69, 9.17) is 0 Å². The van der Waals surface area contributed by atoms with Crippen LogP contribution in [0.2, 0.25) is 0 Å². The van der Waals surface area contributed by atoms with Crippen LogP contribution in [0.4, 0.5) is 0 Å². The van der Waals surface area contributed by atoms with E-state index in [1.54, 1.807) is 18.8 Å². The smallest absolute Gasteiger partial charge is 0.339 e. The van der Waals surface area contributed by atoms with Gasteiger partial charge in [-0.3, -0.25) is 9.36 Å². The number of likely N-dealkylation sites (tertiary alicyclic amines) is 1. The van der Waals surface area contributed by atoms with Crippen LogP contribution in [0.3, 0.4) is 0 Å². The monoisotopic (exact) mass is 372 g/mol. The molecule has 1 saturated heterocycles. The van der Waals surface area contributed by atoms with Crippen molar-refractivity contribution in [3.63, 3.8) is 0 Å². The average Bonchev–Trinajstić information content (AvgIpc) is 3.47. The molecule has 7 heteroatoms. The zero-order valence-electron chi connectivity index (χ0n) is 15.2. The highest BCUT2D eigenvalue weighted by atomic mass is 32.2. The third-order valence-electron chi connectivity index (χ3n) is 5.38. The molecule has 1 saturated carbocycles. The van der Waals surface area contributed by atoms with E-state index >= 15 is 0 Å². The number of amides is 1. The van der Waals surface area contributed by atoms with Gasteiger partial charge in [-0.1, -0.05) is 12.1 Å². The van der Waals surface area contributed by atoms with E-state index in [-0.39, 0.29) is 17.5 Å². The average molecular weight is 372 g/mol. The fourth-order valence-corrected chi connectivity index (χ4v) is 4.38. The molecule has 0 bridgehead atoms. The number of aromatic nitrogens is 3. The molecule has 1 aliphatic carbocycles. The van der Waals surface area contributed by atoms with Crippen molar-refractivity contribution < 1.29 is 4.79 Å². The molecule has 4 rings (SSSR count). The summed E-state index contributed by atoms with van der Waals surface area (Å²) >= 11 is 1.60. The van der Waals surface area contributed by atoms with Gasteiger partial charge in [0.1, 0.15) is 5.82 Å². The molecular weight excluding hydrogens is 348 g/mol. The van der Waals surface area contributed by atoms with Crippen LogP contribution in [0.25, 0.3) is 0 Å². The van der Waals surface area contributed by atoms with Gasteiger partial charge in [-0.15, -0.1) is 11.8 Å². The minimum Gasteiger partial charge on any atom is -0.339 e. The van der Waals surface area contributed by atoms with Gasteiger partial charge >= 0.3 is 5.69 Å². The number of carbonyl (C=O) groups is 1.